The van der Waals surface area contributed by atoms with Gasteiger partial charge in [0.2, 0.25) is 5.91 Å². The van der Waals surface area contributed by atoms with Crippen LogP contribution in [-0.2, 0) is 4.79 Å². The summed E-state index contributed by atoms with van der Waals surface area (Å²) in [5.41, 5.74) is 0.831. The molecule has 0 radical (unpaired) electrons. The molecule has 0 fully saturated rings. The van der Waals surface area contributed by atoms with Gasteiger partial charge in [0.1, 0.15) is 0 Å². The Morgan fingerprint density at radius 2 is 2.07 bits per heavy atom. The van der Waals surface area contributed by atoms with Gasteiger partial charge in [0.05, 0.1) is 17.8 Å². The van der Waals surface area contributed by atoms with Gasteiger partial charge < -0.3 is 4.90 Å². The second-order valence-electron chi connectivity index (χ2n) is 2.92. The molecular weight excluding hydrogens is 256 g/mol. The summed E-state index contributed by atoms with van der Waals surface area (Å²) in [5, 5.41) is 8.79. The third-order valence-electron chi connectivity index (χ3n) is 1.93. The highest BCUT2D eigenvalue weighted by atomic mass is 79.9. The van der Waals surface area contributed by atoms with Crippen LogP contribution in [0.2, 0.25) is 0 Å². The standard InChI is InChI=1S/C11H11BrN2O/c12-9-11(15)14(8-4-7-13)10-5-2-1-3-6-10/h1-3,5-6H,4,8-9H2. The topological polar surface area (TPSA) is 44.1 Å². The van der Waals surface area contributed by atoms with Crippen LogP contribution in [0.5, 0.6) is 0 Å². The second-order valence-corrected chi connectivity index (χ2v) is 3.48. The predicted octanol–water partition coefficient (Wildman–Crippen LogP) is 2.33. The van der Waals surface area contributed by atoms with Gasteiger partial charge in [0, 0.05) is 12.2 Å². The number of nitriles is 1. The Morgan fingerprint density at radius 3 is 2.60 bits per heavy atom. The summed E-state index contributed by atoms with van der Waals surface area (Å²) in [6.07, 6.45) is 0.341. The molecule has 0 atom stereocenters. The lowest BCUT2D eigenvalue weighted by Crippen LogP contribution is -2.32. The molecule has 0 aliphatic rings. The molecule has 0 heterocycles. The molecule has 1 aromatic rings. The van der Waals surface area contributed by atoms with Gasteiger partial charge in [-0.15, -0.1) is 0 Å². The lowest BCUT2D eigenvalue weighted by molar-refractivity contribution is -0.116. The highest BCUT2D eigenvalue weighted by Gasteiger charge is 2.13. The number of hydrogen-bond donors (Lipinski definition) is 0. The average Bonchev–Trinajstić information content (AvgIpc) is 2.30. The van der Waals surface area contributed by atoms with Gasteiger partial charge in [-0.05, 0) is 12.1 Å². The quantitative estimate of drug-likeness (QED) is 0.786. The fourth-order valence-corrected chi connectivity index (χ4v) is 1.54. The lowest BCUT2D eigenvalue weighted by atomic mass is 10.2. The smallest absolute Gasteiger partial charge is 0.237 e. The van der Waals surface area contributed by atoms with E-state index in [0.29, 0.717) is 13.0 Å². The molecule has 0 N–H and O–H groups in total. The maximum atomic E-state index is 11.6. The van der Waals surface area contributed by atoms with Gasteiger partial charge >= 0.3 is 0 Å². The maximum Gasteiger partial charge on any atom is 0.237 e. The van der Waals surface area contributed by atoms with Crippen molar-refractivity contribution in [3.8, 4) is 6.07 Å². The summed E-state index contributed by atoms with van der Waals surface area (Å²) in [7, 11) is 0. The summed E-state index contributed by atoms with van der Waals surface area (Å²) < 4.78 is 0. The predicted molar refractivity (Wildman–Crippen MR) is 62.8 cm³/mol. The Kier molecular flexibility index (Phi) is 4.85. The number of carbonyl (C=O) groups excluding carboxylic acids is 1. The third kappa shape index (κ3) is 3.37. The van der Waals surface area contributed by atoms with E-state index in [-0.39, 0.29) is 11.2 Å². The molecule has 15 heavy (non-hydrogen) atoms. The molecule has 0 spiro atoms. The van der Waals surface area contributed by atoms with Crippen molar-refractivity contribution in [1.29, 1.82) is 5.26 Å². The fraction of sp³-hybridized carbons (Fsp3) is 0.273. The minimum absolute atomic E-state index is 0.0311. The van der Waals surface area contributed by atoms with Crippen molar-refractivity contribution in [3.63, 3.8) is 0 Å². The van der Waals surface area contributed by atoms with Gasteiger partial charge in [-0.3, -0.25) is 4.79 Å². The molecular formula is C11H11BrN2O. The van der Waals surface area contributed by atoms with E-state index in [1.165, 1.54) is 0 Å². The molecule has 0 saturated carbocycles. The van der Waals surface area contributed by atoms with Crippen LogP contribution in [0.15, 0.2) is 30.3 Å². The number of carbonyl (C=O) groups is 1. The van der Waals surface area contributed by atoms with E-state index in [9.17, 15) is 4.79 Å². The highest BCUT2D eigenvalue weighted by Crippen LogP contribution is 2.14. The number of para-hydroxylation sites is 1. The fourth-order valence-electron chi connectivity index (χ4n) is 1.24. The second kappa shape index (κ2) is 6.20. The zero-order valence-corrected chi connectivity index (χ0v) is 9.77. The Labute approximate surface area is 97.4 Å². The molecule has 0 aliphatic heterocycles. The first-order valence-electron chi connectivity index (χ1n) is 4.58. The average molecular weight is 267 g/mol. The van der Waals surface area contributed by atoms with Crippen molar-refractivity contribution < 1.29 is 4.79 Å². The number of hydrogen-bond acceptors (Lipinski definition) is 2. The van der Waals surface area contributed by atoms with Gasteiger partial charge in [0.15, 0.2) is 0 Å². The Bertz CT molecular complexity index is 359. The van der Waals surface area contributed by atoms with Crippen LogP contribution in [0.1, 0.15) is 6.42 Å². The molecule has 0 unspecified atom stereocenters. The maximum absolute atomic E-state index is 11.6. The van der Waals surface area contributed by atoms with Crippen LogP contribution in [0.4, 0.5) is 5.69 Å². The summed E-state index contributed by atoms with van der Waals surface area (Å²) in [4.78, 5) is 13.2. The van der Waals surface area contributed by atoms with Crippen molar-refractivity contribution in [3.05, 3.63) is 30.3 Å². The molecule has 3 nitrogen and oxygen atoms in total. The monoisotopic (exact) mass is 266 g/mol. The molecule has 1 aromatic carbocycles. The van der Waals surface area contributed by atoms with Crippen LogP contribution in [-0.4, -0.2) is 17.8 Å². The van der Waals surface area contributed by atoms with Crippen molar-refractivity contribution in [2.75, 3.05) is 16.8 Å². The normalized spacial score (nSPS) is 9.33. The summed E-state index contributed by atoms with van der Waals surface area (Å²) in [6, 6.07) is 11.4. The highest BCUT2D eigenvalue weighted by molar-refractivity contribution is 9.09. The van der Waals surface area contributed by atoms with E-state index in [1.54, 1.807) is 4.90 Å². The van der Waals surface area contributed by atoms with E-state index >= 15 is 0 Å². The molecule has 78 valence electrons. The van der Waals surface area contributed by atoms with Crippen molar-refractivity contribution in [1.82, 2.24) is 0 Å². The summed E-state index contributed by atoms with van der Waals surface area (Å²) in [5.74, 6) is -0.0311. The molecule has 0 saturated heterocycles. The number of rotatable bonds is 4. The van der Waals surface area contributed by atoms with Gasteiger partial charge in [-0.25, -0.2) is 0 Å². The number of halogens is 1. The van der Waals surface area contributed by atoms with E-state index in [4.69, 9.17) is 5.26 Å². The molecule has 1 amide bonds. The van der Waals surface area contributed by atoms with Gasteiger partial charge in [-0.2, -0.15) is 5.26 Å². The molecule has 1 rings (SSSR count). The van der Waals surface area contributed by atoms with E-state index < -0.39 is 0 Å². The zero-order valence-electron chi connectivity index (χ0n) is 8.19. The largest absolute Gasteiger partial charge is 0.311 e. The van der Waals surface area contributed by atoms with Gasteiger partial charge in [-0.1, -0.05) is 34.1 Å². The van der Waals surface area contributed by atoms with Crippen LogP contribution < -0.4 is 4.90 Å². The minimum atomic E-state index is -0.0311. The first-order chi connectivity index (χ1) is 7.29. The first-order valence-corrected chi connectivity index (χ1v) is 5.70. The number of benzene rings is 1. The van der Waals surface area contributed by atoms with Crippen LogP contribution in [0.25, 0.3) is 0 Å². The third-order valence-corrected chi connectivity index (χ3v) is 2.41. The Morgan fingerprint density at radius 1 is 1.40 bits per heavy atom. The molecule has 0 aromatic heterocycles. The Hall–Kier alpha value is -1.34. The van der Waals surface area contributed by atoms with E-state index in [0.717, 1.165) is 5.69 Å². The van der Waals surface area contributed by atoms with Gasteiger partial charge in [0.25, 0.3) is 0 Å². The number of nitrogens with zero attached hydrogens (tertiary/aromatic N) is 2. The number of alkyl halides is 1. The van der Waals surface area contributed by atoms with E-state index in [1.807, 2.05) is 36.4 Å². The first kappa shape index (κ1) is 11.7. The molecule has 4 heteroatoms. The summed E-state index contributed by atoms with van der Waals surface area (Å²) >= 11 is 3.13. The molecule has 0 aliphatic carbocycles. The van der Waals surface area contributed by atoms with Crippen molar-refractivity contribution >= 4 is 27.5 Å². The van der Waals surface area contributed by atoms with Crippen LogP contribution in [0.3, 0.4) is 0 Å². The zero-order chi connectivity index (χ0) is 11.1. The van der Waals surface area contributed by atoms with Crippen molar-refractivity contribution in [2.45, 2.75) is 6.42 Å². The number of amides is 1. The minimum Gasteiger partial charge on any atom is -0.311 e. The SMILES string of the molecule is N#CCCN(C(=O)CBr)c1ccccc1. The van der Waals surface area contributed by atoms with E-state index in [2.05, 4.69) is 15.9 Å². The van der Waals surface area contributed by atoms with Crippen molar-refractivity contribution in [2.24, 2.45) is 0 Å². The number of anilines is 1. The lowest BCUT2D eigenvalue weighted by Gasteiger charge is -2.20. The van der Waals surface area contributed by atoms with Crippen LogP contribution in [0, 0.1) is 11.3 Å². The summed E-state index contributed by atoms with van der Waals surface area (Å²) in [6.45, 7) is 0.435. The van der Waals surface area contributed by atoms with Crippen LogP contribution >= 0.6 is 15.9 Å². The molecule has 0 bridgehead atoms. The Balaban J connectivity index is 2.82.